The first kappa shape index (κ1) is 17.4. The summed E-state index contributed by atoms with van der Waals surface area (Å²) >= 11 is 0. The predicted molar refractivity (Wildman–Crippen MR) is 82.4 cm³/mol. The molecular formula is C16H32N2O2. The van der Waals surface area contributed by atoms with Crippen LogP contribution in [0.1, 0.15) is 52.9 Å². The third-order valence-electron chi connectivity index (χ3n) is 4.43. The molecule has 4 atom stereocenters. The second-order valence-electron chi connectivity index (χ2n) is 6.31. The lowest BCUT2D eigenvalue weighted by atomic mass is 9.72. The summed E-state index contributed by atoms with van der Waals surface area (Å²) in [5, 5.41) is 3.03. The molecule has 118 valence electrons. The third-order valence-corrected chi connectivity index (χ3v) is 4.43. The molecule has 1 saturated carbocycles. The van der Waals surface area contributed by atoms with Gasteiger partial charge in [-0.2, -0.15) is 0 Å². The van der Waals surface area contributed by atoms with E-state index in [4.69, 9.17) is 10.5 Å². The van der Waals surface area contributed by atoms with Gasteiger partial charge in [-0.25, -0.2) is 0 Å². The highest BCUT2D eigenvalue weighted by Gasteiger charge is 2.34. The van der Waals surface area contributed by atoms with Crippen molar-refractivity contribution in [2.75, 3.05) is 19.8 Å². The van der Waals surface area contributed by atoms with Gasteiger partial charge in [0.1, 0.15) is 0 Å². The number of nitrogens with two attached hydrogens (primary N) is 1. The Morgan fingerprint density at radius 2 is 1.90 bits per heavy atom. The molecule has 0 aromatic heterocycles. The van der Waals surface area contributed by atoms with Crippen LogP contribution in [0.3, 0.4) is 0 Å². The van der Waals surface area contributed by atoms with E-state index in [9.17, 15) is 4.79 Å². The van der Waals surface area contributed by atoms with E-state index in [0.29, 0.717) is 18.4 Å². The van der Waals surface area contributed by atoms with Crippen LogP contribution in [0.15, 0.2) is 0 Å². The van der Waals surface area contributed by atoms with Gasteiger partial charge in [0.25, 0.3) is 0 Å². The van der Waals surface area contributed by atoms with Gasteiger partial charge in [0, 0.05) is 31.7 Å². The average molecular weight is 284 g/mol. The number of amides is 1. The Labute approximate surface area is 123 Å². The summed E-state index contributed by atoms with van der Waals surface area (Å²) in [5.74, 6) is 1.22. The number of unbranched alkanes of at least 4 members (excludes halogenated alkanes) is 1. The lowest BCUT2D eigenvalue weighted by Gasteiger charge is -2.36. The van der Waals surface area contributed by atoms with Gasteiger partial charge in [-0.05, 0) is 37.5 Å². The van der Waals surface area contributed by atoms with E-state index in [-0.39, 0.29) is 17.9 Å². The molecule has 0 aromatic rings. The number of hydrogen-bond acceptors (Lipinski definition) is 3. The van der Waals surface area contributed by atoms with Crippen LogP contribution in [0.5, 0.6) is 0 Å². The molecule has 1 fully saturated rings. The largest absolute Gasteiger partial charge is 0.381 e. The van der Waals surface area contributed by atoms with Gasteiger partial charge in [-0.1, -0.05) is 27.2 Å². The van der Waals surface area contributed by atoms with Gasteiger partial charge in [0.2, 0.25) is 5.91 Å². The standard InChI is InChI=1S/C16H32N2O2/c1-4-5-8-20-9-6-7-18-16(19)14-11-15(17)13(3)10-12(14)2/h12-15H,4-11,17H2,1-3H3,(H,18,19). The molecule has 0 radical (unpaired) electrons. The number of hydrogen-bond donors (Lipinski definition) is 2. The van der Waals surface area contributed by atoms with Gasteiger partial charge >= 0.3 is 0 Å². The molecule has 1 amide bonds. The van der Waals surface area contributed by atoms with Gasteiger partial charge in [0.15, 0.2) is 0 Å². The topological polar surface area (TPSA) is 64.3 Å². The van der Waals surface area contributed by atoms with Crippen LogP contribution in [-0.4, -0.2) is 31.7 Å². The molecule has 4 unspecified atom stereocenters. The minimum Gasteiger partial charge on any atom is -0.381 e. The number of rotatable bonds is 8. The highest BCUT2D eigenvalue weighted by molar-refractivity contribution is 5.79. The fourth-order valence-corrected chi connectivity index (χ4v) is 2.91. The summed E-state index contributed by atoms with van der Waals surface area (Å²) in [6.45, 7) is 8.77. The molecule has 1 aliphatic carbocycles. The smallest absolute Gasteiger partial charge is 0.223 e. The summed E-state index contributed by atoms with van der Waals surface area (Å²) in [7, 11) is 0. The van der Waals surface area contributed by atoms with Gasteiger partial charge in [-0.15, -0.1) is 0 Å². The maximum absolute atomic E-state index is 12.2. The quantitative estimate of drug-likeness (QED) is 0.672. The van der Waals surface area contributed by atoms with Crippen LogP contribution in [0.2, 0.25) is 0 Å². The normalized spacial score (nSPS) is 30.2. The number of nitrogens with one attached hydrogen (secondary N) is 1. The fraction of sp³-hybridized carbons (Fsp3) is 0.938. The molecular weight excluding hydrogens is 252 g/mol. The van der Waals surface area contributed by atoms with Crippen molar-refractivity contribution in [2.24, 2.45) is 23.5 Å². The summed E-state index contributed by atoms with van der Waals surface area (Å²) in [5.41, 5.74) is 6.09. The lowest BCUT2D eigenvalue weighted by molar-refractivity contribution is -0.128. The van der Waals surface area contributed by atoms with Crippen molar-refractivity contribution in [1.29, 1.82) is 0 Å². The molecule has 0 aromatic carbocycles. The molecule has 20 heavy (non-hydrogen) atoms. The number of carbonyl (C=O) groups excluding carboxylic acids is 1. The van der Waals surface area contributed by atoms with E-state index in [2.05, 4.69) is 26.1 Å². The maximum atomic E-state index is 12.2. The third kappa shape index (κ3) is 5.80. The first-order valence-electron chi connectivity index (χ1n) is 8.17. The number of carbonyl (C=O) groups is 1. The van der Waals surface area contributed by atoms with Crippen molar-refractivity contribution >= 4 is 5.91 Å². The molecule has 0 spiro atoms. The van der Waals surface area contributed by atoms with Crippen molar-refractivity contribution in [3.05, 3.63) is 0 Å². The summed E-state index contributed by atoms with van der Waals surface area (Å²) in [4.78, 5) is 12.2. The van der Waals surface area contributed by atoms with Gasteiger partial charge < -0.3 is 15.8 Å². The summed E-state index contributed by atoms with van der Waals surface area (Å²) in [6.07, 6.45) is 5.04. The van der Waals surface area contributed by atoms with E-state index < -0.39 is 0 Å². The predicted octanol–water partition coefficient (Wildman–Crippen LogP) is 2.32. The lowest BCUT2D eigenvalue weighted by Crippen LogP contribution is -2.45. The molecule has 0 saturated heterocycles. The van der Waals surface area contributed by atoms with E-state index in [1.807, 2.05) is 0 Å². The Morgan fingerprint density at radius 3 is 2.60 bits per heavy atom. The summed E-state index contributed by atoms with van der Waals surface area (Å²) < 4.78 is 5.48. The Morgan fingerprint density at radius 1 is 1.20 bits per heavy atom. The number of ether oxygens (including phenoxy) is 1. The highest BCUT2D eigenvalue weighted by Crippen LogP contribution is 2.32. The Hall–Kier alpha value is -0.610. The van der Waals surface area contributed by atoms with Crippen LogP contribution in [0, 0.1) is 17.8 Å². The highest BCUT2D eigenvalue weighted by atomic mass is 16.5. The van der Waals surface area contributed by atoms with Gasteiger partial charge in [-0.3, -0.25) is 4.79 Å². The zero-order valence-electron chi connectivity index (χ0n) is 13.4. The second-order valence-corrected chi connectivity index (χ2v) is 6.31. The van der Waals surface area contributed by atoms with Crippen LogP contribution < -0.4 is 11.1 Å². The molecule has 1 aliphatic rings. The zero-order chi connectivity index (χ0) is 15.0. The molecule has 4 nitrogen and oxygen atoms in total. The van der Waals surface area contributed by atoms with Crippen molar-refractivity contribution < 1.29 is 9.53 Å². The molecule has 4 heteroatoms. The van der Waals surface area contributed by atoms with Crippen LogP contribution in [0.4, 0.5) is 0 Å². The molecule has 0 heterocycles. The van der Waals surface area contributed by atoms with Crippen LogP contribution in [-0.2, 0) is 9.53 Å². The first-order chi connectivity index (χ1) is 9.56. The van der Waals surface area contributed by atoms with Gasteiger partial charge in [0.05, 0.1) is 0 Å². The molecule has 1 rings (SSSR count). The zero-order valence-corrected chi connectivity index (χ0v) is 13.4. The Balaban J connectivity index is 2.15. The van der Waals surface area contributed by atoms with E-state index in [1.165, 1.54) is 0 Å². The monoisotopic (exact) mass is 284 g/mol. The molecule has 0 bridgehead atoms. The SMILES string of the molecule is CCCCOCCCNC(=O)C1CC(N)C(C)CC1C. The van der Waals surface area contributed by atoms with Crippen molar-refractivity contribution in [3.8, 4) is 0 Å². The molecule has 3 N–H and O–H groups in total. The molecule has 0 aliphatic heterocycles. The van der Waals surface area contributed by atoms with E-state index in [1.54, 1.807) is 0 Å². The first-order valence-corrected chi connectivity index (χ1v) is 8.17. The fourth-order valence-electron chi connectivity index (χ4n) is 2.91. The Bertz CT molecular complexity index is 284. The summed E-state index contributed by atoms with van der Waals surface area (Å²) in [6, 6.07) is 0.166. The Kier molecular flexibility index (Phi) is 8.15. The van der Waals surface area contributed by atoms with Crippen LogP contribution >= 0.6 is 0 Å². The van der Waals surface area contributed by atoms with Crippen molar-refractivity contribution in [2.45, 2.75) is 58.9 Å². The second kappa shape index (κ2) is 9.35. The maximum Gasteiger partial charge on any atom is 0.223 e. The van der Waals surface area contributed by atoms with Crippen molar-refractivity contribution in [3.63, 3.8) is 0 Å². The average Bonchev–Trinajstić information content (AvgIpc) is 2.41. The van der Waals surface area contributed by atoms with Crippen LogP contribution in [0.25, 0.3) is 0 Å². The minimum atomic E-state index is 0.0854. The van der Waals surface area contributed by atoms with E-state index in [0.717, 1.165) is 45.3 Å². The van der Waals surface area contributed by atoms with Crippen molar-refractivity contribution in [1.82, 2.24) is 5.32 Å². The minimum absolute atomic E-state index is 0.0854. The van der Waals surface area contributed by atoms with E-state index >= 15 is 0 Å².